The molecule has 0 amide bonds. The summed E-state index contributed by atoms with van der Waals surface area (Å²) in [4.78, 5) is 0. The molecule has 1 aliphatic heterocycles. The molecule has 0 saturated heterocycles. The Morgan fingerprint density at radius 1 is 1.22 bits per heavy atom. The Labute approximate surface area is 108 Å². The van der Waals surface area contributed by atoms with Gasteiger partial charge in [-0.3, -0.25) is 4.72 Å². The van der Waals surface area contributed by atoms with Gasteiger partial charge in [0.15, 0.2) is 0 Å². The van der Waals surface area contributed by atoms with E-state index in [1.165, 1.54) is 17.5 Å². The molecule has 0 spiro atoms. The number of aryl methyl sites for hydroxylation is 1. The highest BCUT2D eigenvalue weighted by Crippen LogP contribution is 2.58. The first-order valence-corrected chi connectivity index (χ1v) is 8.23. The maximum atomic E-state index is 12.4. The van der Waals surface area contributed by atoms with Crippen molar-refractivity contribution in [2.24, 2.45) is 11.8 Å². The Bertz CT molecular complexity index is 623. The van der Waals surface area contributed by atoms with Crippen LogP contribution in [0.4, 0.5) is 5.69 Å². The molecule has 0 aromatic heterocycles. The average Bonchev–Trinajstić information content (AvgIpc) is 2.90. The molecule has 2 saturated carbocycles. The van der Waals surface area contributed by atoms with Gasteiger partial charge >= 0.3 is 0 Å². The number of fused-ring (bicyclic) bond motifs is 7. The third kappa shape index (κ3) is 1.27. The molecule has 18 heavy (non-hydrogen) atoms. The first-order valence-electron chi connectivity index (χ1n) is 6.68. The van der Waals surface area contributed by atoms with Crippen LogP contribution in [0.1, 0.15) is 36.3 Å². The normalized spacial score (nSPS) is 38.9. The van der Waals surface area contributed by atoms with Crippen LogP contribution in [-0.4, -0.2) is 13.7 Å². The first kappa shape index (κ1) is 10.9. The van der Waals surface area contributed by atoms with Gasteiger partial charge in [-0.25, -0.2) is 8.42 Å². The highest BCUT2D eigenvalue weighted by molar-refractivity contribution is 7.93. The van der Waals surface area contributed by atoms with E-state index >= 15 is 0 Å². The van der Waals surface area contributed by atoms with E-state index in [0.717, 1.165) is 18.5 Å². The summed E-state index contributed by atoms with van der Waals surface area (Å²) in [7, 11) is -3.17. The summed E-state index contributed by atoms with van der Waals surface area (Å²) >= 11 is 0. The zero-order chi connectivity index (χ0) is 12.5. The first-order chi connectivity index (χ1) is 8.56. The van der Waals surface area contributed by atoms with E-state index in [-0.39, 0.29) is 11.2 Å². The van der Waals surface area contributed by atoms with E-state index < -0.39 is 10.0 Å². The predicted molar refractivity (Wildman–Crippen MR) is 71.1 cm³/mol. The van der Waals surface area contributed by atoms with Crippen molar-refractivity contribution in [1.29, 1.82) is 0 Å². The second-order valence-corrected chi connectivity index (χ2v) is 7.90. The minimum absolute atomic E-state index is 0.175. The van der Waals surface area contributed by atoms with Gasteiger partial charge in [0.2, 0.25) is 10.0 Å². The number of hydrogen-bond donors (Lipinski definition) is 1. The van der Waals surface area contributed by atoms with Crippen molar-refractivity contribution in [1.82, 2.24) is 0 Å². The van der Waals surface area contributed by atoms with Gasteiger partial charge in [0, 0.05) is 5.92 Å². The molecule has 2 fully saturated rings. The monoisotopic (exact) mass is 263 g/mol. The molecule has 96 valence electrons. The predicted octanol–water partition coefficient (Wildman–Crippen LogP) is 2.63. The summed E-state index contributed by atoms with van der Waals surface area (Å²) in [5.74, 6) is 1.20. The second kappa shape index (κ2) is 3.29. The van der Waals surface area contributed by atoms with E-state index in [1.807, 2.05) is 12.1 Å². The lowest BCUT2D eigenvalue weighted by Gasteiger charge is -2.36. The minimum atomic E-state index is -3.17. The third-order valence-electron chi connectivity index (χ3n) is 5.02. The van der Waals surface area contributed by atoms with Crippen molar-refractivity contribution in [3.8, 4) is 0 Å². The summed E-state index contributed by atoms with van der Waals surface area (Å²) in [6, 6.07) is 6.08. The van der Waals surface area contributed by atoms with Crippen molar-refractivity contribution in [3.05, 3.63) is 29.3 Å². The molecule has 1 aromatic rings. The molecule has 1 heterocycles. The maximum absolute atomic E-state index is 12.4. The Hall–Kier alpha value is -1.03. The molecule has 4 atom stereocenters. The molecule has 1 aromatic carbocycles. The number of sulfonamides is 1. The van der Waals surface area contributed by atoms with Gasteiger partial charge < -0.3 is 0 Å². The van der Waals surface area contributed by atoms with Crippen LogP contribution in [0, 0.1) is 18.8 Å². The summed E-state index contributed by atoms with van der Waals surface area (Å²) in [6.07, 6.45) is 3.40. The number of hydrogen-bond acceptors (Lipinski definition) is 2. The zero-order valence-electron chi connectivity index (χ0n) is 10.4. The molecule has 2 bridgehead atoms. The summed E-state index contributed by atoms with van der Waals surface area (Å²) in [5.41, 5.74) is 3.27. The molecule has 3 nitrogen and oxygen atoms in total. The fourth-order valence-electron chi connectivity index (χ4n) is 4.39. The highest BCUT2D eigenvalue weighted by Gasteiger charge is 2.56. The second-order valence-electron chi connectivity index (χ2n) is 6.06. The lowest BCUT2D eigenvalue weighted by atomic mass is 9.81. The van der Waals surface area contributed by atoms with Crippen LogP contribution < -0.4 is 4.72 Å². The van der Waals surface area contributed by atoms with Crippen LogP contribution in [0.2, 0.25) is 0 Å². The van der Waals surface area contributed by atoms with Crippen molar-refractivity contribution in [2.75, 3.05) is 4.72 Å². The van der Waals surface area contributed by atoms with Gasteiger partial charge in [-0.2, -0.15) is 0 Å². The number of nitrogens with one attached hydrogen (secondary N) is 1. The molecule has 0 unspecified atom stereocenters. The van der Waals surface area contributed by atoms with Gasteiger partial charge in [-0.1, -0.05) is 17.7 Å². The summed E-state index contributed by atoms with van der Waals surface area (Å²) in [5, 5.41) is -0.175. The number of benzene rings is 1. The fourth-order valence-corrected chi connectivity index (χ4v) is 6.53. The van der Waals surface area contributed by atoms with Crippen LogP contribution in [-0.2, 0) is 10.0 Å². The fraction of sp³-hybridized carbons (Fsp3) is 0.571. The zero-order valence-corrected chi connectivity index (χ0v) is 11.2. The van der Waals surface area contributed by atoms with Gasteiger partial charge in [0.1, 0.15) is 0 Å². The molecule has 0 radical (unpaired) electrons. The largest absolute Gasteiger partial charge is 0.283 e. The van der Waals surface area contributed by atoms with E-state index in [4.69, 9.17) is 0 Å². The lowest BCUT2D eigenvalue weighted by molar-refractivity contribution is 0.411. The molecule has 3 aliphatic rings. The summed E-state index contributed by atoms with van der Waals surface area (Å²) in [6.45, 7) is 2.07. The van der Waals surface area contributed by atoms with E-state index in [2.05, 4.69) is 17.7 Å². The van der Waals surface area contributed by atoms with Crippen LogP contribution in [0.3, 0.4) is 0 Å². The smallest absolute Gasteiger partial charge is 0.236 e. The van der Waals surface area contributed by atoms with Gasteiger partial charge in [-0.05, 0) is 49.7 Å². The number of rotatable bonds is 0. The molecular formula is C14H17NO2S. The van der Waals surface area contributed by atoms with Crippen molar-refractivity contribution < 1.29 is 8.42 Å². The molecule has 1 N–H and O–H groups in total. The SMILES string of the molecule is Cc1ccc2c(c1)[C@@H]1[C@H]3CC[C@@H](C3)[C@@H]1S(=O)(=O)N2. The van der Waals surface area contributed by atoms with E-state index in [1.54, 1.807) is 0 Å². The molecule has 4 heteroatoms. The molecule has 4 rings (SSSR count). The third-order valence-corrected chi connectivity index (χ3v) is 6.92. The van der Waals surface area contributed by atoms with Gasteiger partial charge in [0.05, 0.1) is 10.9 Å². The van der Waals surface area contributed by atoms with Crippen LogP contribution in [0.5, 0.6) is 0 Å². The van der Waals surface area contributed by atoms with E-state index in [0.29, 0.717) is 11.8 Å². The van der Waals surface area contributed by atoms with E-state index in [9.17, 15) is 8.42 Å². The van der Waals surface area contributed by atoms with Crippen LogP contribution in [0.15, 0.2) is 18.2 Å². The Morgan fingerprint density at radius 3 is 2.83 bits per heavy atom. The van der Waals surface area contributed by atoms with Crippen LogP contribution >= 0.6 is 0 Å². The van der Waals surface area contributed by atoms with Crippen LogP contribution in [0.25, 0.3) is 0 Å². The maximum Gasteiger partial charge on any atom is 0.236 e. The Kier molecular flexibility index (Phi) is 1.99. The minimum Gasteiger partial charge on any atom is -0.283 e. The highest BCUT2D eigenvalue weighted by atomic mass is 32.2. The topological polar surface area (TPSA) is 46.2 Å². The Morgan fingerprint density at radius 2 is 2.00 bits per heavy atom. The van der Waals surface area contributed by atoms with Crippen molar-refractivity contribution >= 4 is 15.7 Å². The van der Waals surface area contributed by atoms with Crippen molar-refractivity contribution in [2.45, 2.75) is 37.4 Å². The molecule has 2 aliphatic carbocycles. The lowest BCUT2D eigenvalue weighted by Crippen LogP contribution is -2.41. The summed E-state index contributed by atoms with van der Waals surface area (Å²) < 4.78 is 27.6. The van der Waals surface area contributed by atoms with Gasteiger partial charge in [-0.15, -0.1) is 0 Å². The average molecular weight is 263 g/mol. The van der Waals surface area contributed by atoms with Crippen molar-refractivity contribution in [3.63, 3.8) is 0 Å². The molecular weight excluding hydrogens is 246 g/mol. The quantitative estimate of drug-likeness (QED) is 0.782. The van der Waals surface area contributed by atoms with Gasteiger partial charge in [0.25, 0.3) is 0 Å². The Balaban J connectivity index is 1.94. The standard InChI is InChI=1S/C14H17NO2S/c1-8-2-5-12-11(6-8)13-9-3-4-10(7-9)14(13)18(16,17)15-12/h2,5-6,9-10,13-15H,3-4,7H2,1H3/t9-,10-,13-,14-/m0/s1. The number of anilines is 1.